The lowest BCUT2D eigenvalue weighted by Crippen LogP contribution is -2.55. The number of carbonyl (C=O) groups is 1. The van der Waals surface area contributed by atoms with Crippen LogP contribution in [0.2, 0.25) is 0 Å². The monoisotopic (exact) mass is 305 g/mol. The number of nitrogens with zero attached hydrogens (tertiary/aromatic N) is 4. The predicted molar refractivity (Wildman–Crippen MR) is 68.1 cm³/mol. The Balaban J connectivity index is 2.13. The number of piperidine rings is 1. The van der Waals surface area contributed by atoms with E-state index in [0.717, 1.165) is 0 Å². The van der Waals surface area contributed by atoms with E-state index in [1.807, 2.05) is 0 Å². The number of likely N-dealkylation sites (tertiary alicyclic amines) is 1. The highest BCUT2D eigenvalue weighted by molar-refractivity contribution is 5.73. The van der Waals surface area contributed by atoms with Gasteiger partial charge in [-0.05, 0) is 12.8 Å². The quantitative estimate of drug-likeness (QED) is 0.899. The normalized spacial score (nSPS) is 24.0. The lowest BCUT2D eigenvalue weighted by Gasteiger charge is -2.40. The first kappa shape index (κ1) is 15.7. The van der Waals surface area contributed by atoms with Gasteiger partial charge in [0.05, 0.1) is 11.9 Å². The number of amides is 1. The Bertz CT molecular complexity index is 501. The molecule has 1 amide bonds. The van der Waals surface area contributed by atoms with Gasteiger partial charge in [-0.3, -0.25) is 14.4 Å². The van der Waals surface area contributed by atoms with Crippen LogP contribution in [0.5, 0.6) is 0 Å². The van der Waals surface area contributed by atoms with E-state index in [9.17, 15) is 18.0 Å². The molecule has 0 saturated carbocycles. The molecule has 1 aromatic rings. The summed E-state index contributed by atoms with van der Waals surface area (Å²) in [6, 6.07) is -1.76. The Kier molecular flexibility index (Phi) is 4.50. The minimum Gasteiger partial charge on any atom is -0.352 e. The van der Waals surface area contributed by atoms with E-state index < -0.39 is 12.2 Å². The number of hydrogen-bond donors (Lipinski definition) is 1. The third kappa shape index (κ3) is 3.93. The zero-order valence-corrected chi connectivity index (χ0v) is 11.9. The first-order valence-electron chi connectivity index (χ1n) is 6.69. The van der Waals surface area contributed by atoms with Crippen molar-refractivity contribution < 1.29 is 18.0 Å². The summed E-state index contributed by atoms with van der Waals surface area (Å²) in [7, 11) is 1.64. The fourth-order valence-electron chi connectivity index (χ4n) is 2.66. The van der Waals surface area contributed by atoms with E-state index in [4.69, 9.17) is 0 Å². The molecule has 2 atom stereocenters. The average Bonchev–Trinajstić information content (AvgIpc) is 2.73. The van der Waals surface area contributed by atoms with Crippen LogP contribution >= 0.6 is 0 Å². The molecule has 0 bridgehead atoms. The maximum absolute atomic E-state index is 13.1. The van der Waals surface area contributed by atoms with Gasteiger partial charge in [-0.1, -0.05) is 5.21 Å². The van der Waals surface area contributed by atoms with Gasteiger partial charge in [0.2, 0.25) is 5.91 Å². The van der Waals surface area contributed by atoms with Gasteiger partial charge in [0.25, 0.3) is 0 Å². The van der Waals surface area contributed by atoms with Crippen molar-refractivity contribution >= 4 is 5.91 Å². The van der Waals surface area contributed by atoms with Gasteiger partial charge in [-0.25, -0.2) is 0 Å². The average molecular weight is 305 g/mol. The van der Waals surface area contributed by atoms with Gasteiger partial charge in [0.1, 0.15) is 6.04 Å². The minimum absolute atomic E-state index is 0.0280. The van der Waals surface area contributed by atoms with Crippen LogP contribution in [0.25, 0.3) is 0 Å². The van der Waals surface area contributed by atoms with Gasteiger partial charge >= 0.3 is 6.18 Å². The summed E-state index contributed by atoms with van der Waals surface area (Å²) in [5.74, 6) is -0.229. The van der Waals surface area contributed by atoms with Crippen LogP contribution in [0.3, 0.4) is 0 Å². The molecule has 0 aliphatic carbocycles. The van der Waals surface area contributed by atoms with Crippen LogP contribution in [0.4, 0.5) is 13.2 Å². The van der Waals surface area contributed by atoms with Crippen molar-refractivity contribution in [2.24, 2.45) is 7.05 Å². The first-order chi connectivity index (χ1) is 9.77. The number of aromatic nitrogens is 3. The molecule has 2 rings (SSSR count). The number of nitrogens with one attached hydrogen (secondary N) is 1. The topological polar surface area (TPSA) is 63.1 Å². The van der Waals surface area contributed by atoms with Crippen LogP contribution in [0.1, 0.15) is 25.5 Å². The fourth-order valence-corrected chi connectivity index (χ4v) is 2.66. The van der Waals surface area contributed by atoms with Crippen molar-refractivity contribution in [2.75, 3.05) is 6.54 Å². The lowest BCUT2D eigenvalue weighted by atomic mass is 9.97. The highest BCUT2D eigenvalue weighted by Gasteiger charge is 2.46. The molecule has 2 heterocycles. The number of rotatable bonds is 3. The van der Waals surface area contributed by atoms with Crippen molar-refractivity contribution in [1.82, 2.24) is 25.2 Å². The van der Waals surface area contributed by atoms with Crippen LogP contribution < -0.4 is 5.32 Å². The van der Waals surface area contributed by atoms with Crippen LogP contribution in [-0.2, 0) is 18.4 Å². The number of halogens is 3. The Hall–Kier alpha value is -1.64. The Morgan fingerprint density at radius 1 is 1.48 bits per heavy atom. The molecular weight excluding hydrogens is 287 g/mol. The zero-order valence-electron chi connectivity index (χ0n) is 11.9. The van der Waals surface area contributed by atoms with Crippen molar-refractivity contribution in [1.29, 1.82) is 0 Å². The summed E-state index contributed by atoms with van der Waals surface area (Å²) < 4.78 is 40.9. The molecular formula is C12H18F3N5O. The number of aryl methyl sites for hydroxylation is 1. The third-order valence-corrected chi connectivity index (χ3v) is 3.64. The van der Waals surface area contributed by atoms with E-state index >= 15 is 0 Å². The SMILES string of the molecule is CC(=O)N[C@H]1CC[C@H](C(F)(F)F)N(Cc2cnnn2C)C1. The molecule has 1 aromatic heterocycles. The van der Waals surface area contributed by atoms with Crippen molar-refractivity contribution in [3.63, 3.8) is 0 Å². The molecule has 118 valence electrons. The molecule has 1 aliphatic heterocycles. The standard InChI is InChI=1S/C12H18F3N5O/c1-8(21)17-9-3-4-11(12(13,14)15)20(6-9)7-10-5-16-18-19(10)2/h5,9,11H,3-4,6-7H2,1-2H3,(H,17,21)/t9-,11+/m0/s1. The van der Waals surface area contributed by atoms with Gasteiger partial charge in [0.15, 0.2) is 0 Å². The highest BCUT2D eigenvalue weighted by Crippen LogP contribution is 2.32. The summed E-state index contributed by atoms with van der Waals surface area (Å²) in [6.45, 7) is 1.63. The van der Waals surface area contributed by atoms with Gasteiger partial charge in [-0.15, -0.1) is 5.10 Å². The molecule has 0 aromatic carbocycles. The highest BCUT2D eigenvalue weighted by atomic mass is 19.4. The van der Waals surface area contributed by atoms with Crippen LogP contribution in [0.15, 0.2) is 6.20 Å². The Morgan fingerprint density at radius 2 is 2.19 bits per heavy atom. The number of carbonyl (C=O) groups excluding carboxylic acids is 1. The molecule has 9 heteroatoms. The smallest absolute Gasteiger partial charge is 0.352 e. The largest absolute Gasteiger partial charge is 0.404 e. The molecule has 1 fully saturated rings. The van der Waals surface area contributed by atoms with E-state index in [-0.39, 0.29) is 31.5 Å². The molecule has 0 unspecified atom stereocenters. The molecule has 6 nitrogen and oxygen atoms in total. The summed E-state index contributed by atoms with van der Waals surface area (Å²) >= 11 is 0. The molecule has 0 spiro atoms. The third-order valence-electron chi connectivity index (χ3n) is 3.64. The van der Waals surface area contributed by atoms with E-state index in [1.54, 1.807) is 7.05 Å². The predicted octanol–water partition coefficient (Wildman–Crippen LogP) is 0.846. The molecule has 1 aliphatic rings. The Labute approximate surface area is 120 Å². The zero-order chi connectivity index (χ0) is 15.6. The molecule has 1 N–H and O–H groups in total. The molecule has 1 saturated heterocycles. The lowest BCUT2D eigenvalue weighted by molar-refractivity contribution is -0.194. The first-order valence-corrected chi connectivity index (χ1v) is 6.69. The van der Waals surface area contributed by atoms with Gasteiger partial charge < -0.3 is 5.32 Å². The second-order valence-corrected chi connectivity index (χ2v) is 5.31. The van der Waals surface area contributed by atoms with Crippen molar-refractivity contribution in [3.05, 3.63) is 11.9 Å². The fraction of sp³-hybridized carbons (Fsp3) is 0.750. The van der Waals surface area contributed by atoms with Gasteiger partial charge in [-0.2, -0.15) is 13.2 Å². The van der Waals surface area contributed by atoms with Crippen molar-refractivity contribution in [3.8, 4) is 0 Å². The molecule has 21 heavy (non-hydrogen) atoms. The second-order valence-electron chi connectivity index (χ2n) is 5.31. The summed E-state index contributed by atoms with van der Waals surface area (Å²) in [6.07, 6.45) is -2.54. The maximum Gasteiger partial charge on any atom is 0.404 e. The van der Waals surface area contributed by atoms with E-state index in [1.165, 1.54) is 22.7 Å². The number of hydrogen-bond acceptors (Lipinski definition) is 4. The summed E-state index contributed by atoms with van der Waals surface area (Å²) in [5.41, 5.74) is 0.604. The maximum atomic E-state index is 13.1. The van der Waals surface area contributed by atoms with Crippen molar-refractivity contribution in [2.45, 2.75) is 44.6 Å². The Morgan fingerprint density at radius 3 is 2.71 bits per heavy atom. The second kappa shape index (κ2) is 6.00. The summed E-state index contributed by atoms with van der Waals surface area (Å²) in [4.78, 5) is 12.4. The number of alkyl halides is 3. The van der Waals surface area contributed by atoms with Crippen LogP contribution in [-0.4, -0.2) is 50.6 Å². The van der Waals surface area contributed by atoms with E-state index in [2.05, 4.69) is 15.6 Å². The minimum atomic E-state index is -4.28. The van der Waals surface area contributed by atoms with Crippen LogP contribution in [0, 0.1) is 0 Å². The van der Waals surface area contributed by atoms with Gasteiger partial charge in [0, 0.05) is 33.1 Å². The summed E-state index contributed by atoms with van der Waals surface area (Å²) in [5, 5.41) is 10.1. The molecule has 0 radical (unpaired) electrons. The van der Waals surface area contributed by atoms with E-state index in [0.29, 0.717) is 12.1 Å².